The van der Waals surface area contributed by atoms with Crippen molar-refractivity contribution in [2.75, 3.05) is 13.2 Å². The van der Waals surface area contributed by atoms with E-state index < -0.39 is 34.7 Å². The first-order chi connectivity index (χ1) is 8.50. The molecule has 1 unspecified atom stereocenters. The third-order valence-electron chi connectivity index (χ3n) is 2.76. The molecule has 1 aliphatic heterocycles. The van der Waals surface area contributed by atoms with Crippen molar-refractivity contribution in [1.82, 2.24) is 0 Å². The van der Waals surface area contributed by atoms with E-state index in [1.165, 1.54) is 0 Å². The minimum atomic E-state index is -1.38. The van der Waals surface area contributed by atoms with E-state index in [9.17, 15) is 22.8 Å². The van der Waals surface area contributed by atoms with Gasteiger partial charge in [0.05, 0.1) is 18.8 Å². The van der Waals surface area contributed by atoms with Crippen molar-refractivity contribution in [3.05, 3.63) is 35.1 Å². The van der Waals surface area contributed by atoms with E-state index in [1.54, 1.807) is 0 Å². The van der Waals surface area contributed by atoms with Crippen LogP contribution in [0, 0.1) is 23.4 Å². The molecule has 1 atom stereocenters. The van der Waals surface area contributed by atoms with E-state index >= 15 is 0 Å². The molecule has 6 heteroatoms. The summed E-state index contributed by atoms with van der Waals surface area (Å²) in [5.41, 5.74) is -0.627. The molecule has 1 aromatic rings. The number of halogens is 3. The van der Waals surface area contributed by atoms with Gasteiger partial charge in [-0.15, -0.1) is 0 Å². The van der Waals surface area contributed by atoms with Crippen LogP contribution >= 0.6 is 0 Å². The lowest BCUT2D eigenvalue weighted by molar-refractivity contribution is -0.128. The van der Waals surface area contributed by atoms with Gasteiger partial charge in [-0.25, -0.2) is 13.2 Å². The Hall–Kier alpha value is -1.69. The molecule has 2 rings (SSSR count). The van der Waals surface area contributed by atoms with Crippen LogP contribution in [0.4, 0.5) is 13.2 Å². The average molecular weight is 258 g/mol. The van der Waals surface area contributed by atoms with Crippen molar-refractivity contribution >= 4 is 11.6 Å². The Labute approximate surface area is 101 Å². The van der Waals surface area contributed by atoms with Gasteiger partial charge >= 0.3 is 0 Å². The Morgan fingerprint density at radius 2 is 1.83 bits per heavy atom. The summed E-state index contributed by atoms with van der Waals surface area (Å²) < 4.78 is 44.0. The van der Waals surface area contributed by atoms with Crippen LogP contribution in [0.15, 0.2) is 12.1 Å². The lowest BCUT2D eigenvalue weighted by Gasteiger charge is -2.20. The van der Waals surface area contributed by atoms with Crippen molar-refractivity contribution in [3.8, 4) is 0 Å². The summed E-state index contributed by atoms with van der Waals surface area (Å²) in [6, 6.07) is 0.756. The molecule has 1 heterocycles. The zero-order chi connectivity index (χ0) is 13.3. The second-order valence-corrected chi connectivity index (χ2v) is 3.95. The van der Waals surface area contributed by atoms with Gasteiger partial charge in [0.25, 0.3) is 0 Å². The topological polar surface area (TPSA) is 43.4 Å². The highest BCUT2D eigenvalue weighted by molar-refractivity contribution is 6.11. The van der Waals surface area contributed by atoms with Gasteiger partial charge in [-0.2, -0.15) is 0 Å². The van der Waals surface area contributed by atoms with E-state index in [0.29, 0.717) is 6.07 Å². The Balaban J connectivity index is 2.33. The fourth-order valence-corrected chi connectivity index (χ4v) is 1.76. The van der Waals surface area contributed by atoms with Gasteiger partial charge in [0.2, 0.25) is 0 Å². The Morgan fingerprint density at radius 1 is 1.17 bits per heavy atom. The van der Waals surface area contributed by atoms with Crippen LogP contribution in [-0.4, -0.2) is 24.8 Å². The molecule has 96 valence electrons. The third kappa shape index (κ3) is 2.28. The van der Waals surface area contributed by atoms with Gasteiger partial charge in [0.15, 0.2) is 17.4 Å². The molecular weight excluding hydrogens is 249 g/mol. The Kier molecular flexibility index (Phi) is 3.47. The SMILES string of the molecule is O=C1CCOCC1C(=O)c1cc(F)c(F)cc1F. The molecule has 3 nitrogen and oxygen atoms in total. The number of Topliss-reactive ketones (excluding diaryl/α,β-unsaturated/α-hetero) is 2. The first kappa shape index (κ1) is 12.8. The van der Waals surface area contributed by atoms with Crippen LogP contribution in [0.1, 0.15) is 16.8 Å². The quantitative estimate of drug-likeness (QED) is 0.462. The molecule has 0 saturated carbocycles. The summed E-state index contributed by atoms with van der Waals surface area (Å²) in [4.78, 5) is 23.3. The van der Waals surface area contributed by atoms with Crippen LogP contribution in [0.5, 0.6) is 0 Å². The fourth-order valence-electron chi connectivity index (χ4n) is 1.76. The molecule has 0 N–H and O–H groups in total. The molecule has 0 spiro atoms. The van der Waals surface area contributed by atoms with Gasteiger partial charge < -0.3 is 4.74 Å². The largest absolute Gasteiger partial charge is 0.380 e. The number of rotatable bonds is 2. The maximum Gasteiger partial charge on any atom is 0.178 e. The summed E-state index contributed by atoms with van der Waals surface area (Å²) in [7, 11) is 0. The average Bonchev–Trinajstić information content (AvgIpc) is 2.33. The molecule has 0 aromatic heterocycles. The highest BCUT2D eigenvalue weighted by Crippen LogP contribution is 2.20. The molecule has 0 bridgehead atoms. The third-order valence-corrected chi connectivity index (χ3v) is 2.76. The summed E-state index contributed by atoms with van der Waals surface area (Å²) in [6.07, 6.45) is 0.0572. The number of carbonyl (C=O) groups is 2. The standard InChI is InChI=1S/C12H9F3O3/c13-8-4-10(15)9(14)3-6(8)12(17)7-5-18-2-1-11(7)16/h3-4,7H,1-2,5H2. The van der Waals surface area contributed by atoms with E-state index in [1.807, 2.05) is 0 Å². The fraction of sp³-hybridized carbons (Fsp3) is 0.333. The van der Waals surface area contributed by atoms with E-state index in [0.717, 1.165) is 0 Å². The summed E-state index contributed by atoms with van der Waals surface area (Å²) >= 11 is 0. The number of ether oxygens (including phenoxy) is 1. The molecule has 0 aliphatic carbocycles. The van der Waals surface area contributed by atoms with Gasteiger partial charge in [-0.3, -0.25) is 9.59 Å². The first-order valence-electron chi connectivity index (χ1n) is 5.30. The summed E-state index contributed by atoms with van der Waals surface area (Å²) in [6.45, 7) is 0.0545. The molecule has 1 aliphatic rings. The predicted octanol–water partition coefficient (Wildman–Crippen LogP) is 1.89. The van der Waals surface area contributed by atoms with Crippen molar-refractivity contribution < 1.29 is 27.5 Å². The molecule has 1 aromatic carbocycles. The van der Waals surface area contributed by atoms with Crippen LogP contribution in [0.3, 0.4) is 0 Å². The normalized spacial score (nSPS) is 19.9. The lowest BCUT2D eigenvalue weighted by Crippen LogP contribution is -2.34. The number of benzene rings is 1. The predicted molar refractivity (Wildman–Crippen MR) is 54.6 cm³/mol. The number of ketones is 2. The zero-order valence-corrected chi connectivity index (χ0v) is 9.21. The number of carbonyl (C=O) groups excluding carboxylic acids is 2. The van der Waals surface area contributed by atoms with Crippen LogP contribution < -0.4 is 0 Å². The van der Waals surface area contributed by atoms with Crippen LogP contribution in [0.2, 0.25) is 0 Å². The number of hydrogen-bond donors (Lipinski definition) is 0. The zero-order valence-electron chi connectivity index (χ0n) is 9.21. The monoisotopic (exact) mass is 258 g/mol. The second-order valence-electron chi connectivity index (χ2n) is 3.95. The molecule has 1 fully saturated rings. The van der Waals surface area contributed by atoms with Crippen molar-refractivity contribution in [2.24, 2.45) is 5.92 Å². The minimum absolute atomic E-state index is 0.0572. The van der Waals surface area contributed by atoms with Crippen molar-refractivity contribution in [3.63, 3.8) is 0 Å². The van der Waals surface area contributed by atoms with Crippen molar-refractivity contribution in [2.45, 2.75) is 6.42 Å². The minimum Gasteiger partial charge on any atom is -0.380 e. The molecule has 0 amide bonds. The highest BCUT2D eigenvalue weighted by atomic mass is 19.2. The van der Waals surface area contributed by atoms with E-state index in [4.69, 9.17) is 4.74 Å². The van der Waals surface area contributed by atoms with Gasteiger partial charge in [-0.1, -0.05) is 0 Å². The van der Waals surface area contributed by atoms with Gasteiger partial charge in [0, 0.05) is 12.5 Å². The summed E-state index contributed by atoms with van der Waals surface area (Å²) in [5, 5.41) is 0. The Bertz CT molecular complexity index is 514. The number of hydrogen-bond acceptors (Lipinski definition) is 3. The second kappa shape index (κ2) is 4.89. The van der Waals surface area contributed by atoms with Gasteiger partial charge in [0.1, 0.15) is 17.5 Å². The first-order valence-corrected chi connectivity index (χ1v) is 5.30. The van der Waals surface area contributed by atoms with Crippen molar-refractivity contribution in [1.29, 1.82) is 0 Å². The molecule has 18 heavy (non-hydrogen) atoms. The van der Waals surface area contributed by atoms with E-state index in [2.05, 4.69) is 0 Å². The van der Waals surface area contributed by atoms with Gasteiger partial charge in [-0.05, 0) is 6.07 Å². The van der Waals surface area contributed by atoms with E-state index in [-0.39, 0.29) is 31.5 Å². The molecule has 1 saturated heterocycles. The molecule has 0 radical (unpaired) electrons. The van der Waals surface area contributed by atoms with Crippen LogP contribution in [0.25, 0.3) is 0 Å². The maximum atomic E-state index is 13.4. The lowest BCUT2D eigenvalue weighted by atomic mass is 9.91. The Morgan fingerprint density at radius 3 is 2.50 bits per heavy atom. The van der Waals surface area contributed by atoms with Crippen LogP contribution in [-0.2, 0) is 9.53 Å². The highest BCUT2D eigenvalue weighted by Gasteiger charge is 2.32. The smallest absolute Gasteiger partial charge is 0.178 e. The maximum absolute atomic E-state index is 13.4. The summed E-state index contributed by atoms with van der Waals surface area (Å²) in [5.74, 6) is -6.29. The molecular formula is C12H9F3O3.